The number of nitriles is 1. The lowest BCUT2D eigenvalue weighted by Gasteiger charge is -2.27. The molecule has 1 aliphatic heterocycles. The van der Waals surface area contributed by atoms with Crippen LogP contribution < -0.4 is 19.9 Å². The number of benzene rings is 3. The Balaban J connectivity index is 1.51. The quantitative estimate of drug-likeness (QED) is 0.279. The van der Waals surface area contributed by atoms with E-state index in [1.54, 1.807) is 25.3 Å². The normalized spacial score (nSPS) is 14.8. The molecule has 1 aromatic heterocycles. The number of esters is 1. The topological polar surface area (TPSA) is 94.6 Å². The number of hydrogen-bond acceptors (Lipinski definition) is 7. The number of fused-ring (bicyclic) bond motifs is 2. The molecule has 4 aromatic rings. The minimum atomic E-state index is -0.565. The molecule has 6 nitrogen and oxygen atoms in total. The number of ether oxygens (including phenoxy) is 3. The van der Waals surface area contributed by atoms with Gasteiger partial charge in [-0.1, -0.05) is 54.1 Å². The van der Waals surface area contributed by atoms with Gasteiger partial charge >= 0.3 is 5.97 Å². The van der Waals surface area contributed by atoms with Crippen molar-refractivity contribution in [1.82, 2.24) is 0 Å². The standard InChI is InChI=1S/C26H17ClN2O4S/c1-31-19-8-4-2-6-15(19)22-16-11-10-14(12-20(16)33-25(29)18(22)13-28)32-26(30)24-23(27)17-7-3-5-9-21(17)34-24/h2-12,22H,29H2,1H3. The van der Waals surface area contributed by atoms with Gasteiger partial charge < -0.3 is 19.9 Å². The predicted octanol–water partition coefficient (Wildman–Crippen LogP) is 6.00. The number of nitrogens with zero attached hydrogens (tertiary/aromatic N) is 1. The molecule has 0 aliphatic carbocycles. The minimum Gasteiger partial charge on any atom is -0.496 e. The molecule has 1 atom stereocenters. The zero-order chi connectivity index (χ0) is 23.8. The summed E-state index contributed by atoms with van der Waals surface area (Å²) >= 11 is 7.69. The first-order valence-corrected chi connectivity index (χ1v) is 11.4. The molecular formula is C26H17ClN2O4S. The van der Waals surface area contributed by atoms with E-state index in [0.717, 1.165) is 15.6 Å². The van der Waals surface area contributed by atoms with E-state index in [2.05, 4.69) is 6.07 Å². The molecule has 0 saturated carbocycles. The molecule has 3 aromatic carbocycles. The maximum Gasteiger partial charge on any atom is 0.355 e. The first-order chi connectivity index (χ1) is 16.5. The number of carbonyl (C=O) groups excluding carboxylic acids is 1. The number of hydrogen-bond donors (Lipinski definition) is 1. The number of thiophene rings is 1. The van der Waals surface area contributed by atoms with Crippen LogP contribution in [-0.2, 0) is 0 Å². The van der Waals surface area contributed by atoms with Crippen molar-refractivity contribution in [2.45, 2.75) is 5.92 Å². The molecule has 1 aliphatic rings. The van der Waals surface area contributed by atoms with E-state index >= 15 is 0 Å². The van der Waals surface area contributed by atoms with E-state index in [1.807, 2.05) is 48.5 Å². The third-order valence-corrected chi connectivity index (χ3v) is 7.23. The molecule has 5 rings (SSSR count). The number of rotatable bonds is 4. The molecule has 0 spiro atoms. The lowest BCUT2D eigenvalue weighted by Crippen LogP contribution is -2.21. The zero-order valence-corrected chi connectivity index (χ0v) is 19.4. The van der Waals surface area contributed by atoms with Crippen molar-refractivity contribution in [3.63, 3.8) is 0 Å². The fraction of sp³-hybridized carbons (Fsp3) is 0.0769. The highest BCUT2D eigenvalue weighted by atomic mass is 35.5. The average Bonchev–Trinajstić information content (AvgIpc) is 3.19. The Morgan fingerprint density at radius 2 is 1.88 bits per heavy atom. The first kappa shape index (κ1) is 21.8. The number of para-hydroxylation sites is 1. The predicted molar refractivity (Wildman–Crippen MR) is 131 cm³/mol. The van der Waals surface area contributed by atoms with Crippen molar-refractivity contribution in [2.75, 3.05) is 7.11 Å². The Kier molecular flexibility index (Phi) is 5.62. The van der Waals surface area contributed by atoms with Crippen molar-refractivity contribution in [3.05, 3.63) is 99.2 Å². The zero-order valence-electron chi connectivity index (χ0n) is 17.9. The van der Waals surface area contributed by atoms with Gasteiger partial charge in [0.05, 0.1) is 18.1 Å². The molecule has 0 bridgehead atoms. The van der Waals surface area contributed by atoms with Crippen LogP contribution in [0.15, 0.2) is 78.2 Å². The smallest absolute Gasteiger partial charge is 0.355 e. The lowest BCUT2D eigenvalue weighted by atomic mass is 9.83. The van der Waals surface area contributed by atoms with Gasteiger partial charge in [-0.2, -0.15) is 5.26 Å². The van der Waals surface area contributed by atoms with Crippen LogP contribution in [0.2, 0.25) is 5.02 Å². The Labute approximate surface area is 204 Å². The number of halogens is 1. The second-order valence-electron chi connectivity index (χ2n) is 7.50. The van der Waals surface area contributed by atoms with Crippen LogP contribution >= 0.6 is 22.9 Å². The highest BCUT2D eigenvalue weighted by molar-refractivity contribution is 7.21. The third kappa shape index (κ3) is 3.63. The summed E-state index contributed by atoms with van der Waals surface area (Å²) in [6.07, 6.45) is 0. The van der Waals surface area contributed by atoms with E-state index in [0.29, 0.717) is 27.0 Å². The van der Waals surface area contributed by atoms with Gasteiger partial charge in [-0.3, -0.25) is 0 Å². The van der Waals surface area contributed by atoms with E-state index in [1.165, 1.54) is 11.3 Å². The number of allylic oxidation sites excluding steroid dienone is 1. The second-order valence-corrected chi connectivity index (χ2v) is 8.93. The van der Waals surface area contributed by atoms with Crippen molar-refractivity contribution in [1.29, 1.82) is 5.26 Å². The van der Waals surface area contributed by atoms with Crippen molar-refractivity contribution >= 4 is 39.0 Å². The van der Waals surface area contributed by atoms with E-state index < -0.39 is 11.9 Å². The van der Waals surface area contributed by atoms with Gasteiger partial charge in [0.15, 0.2) is 0 Å². The van der Waals surface area contributed by atoms with E-state index in [-0.39, 0.29) is 17.2 Å². The lowest BCUT2D eigenvalue weighted by molar-refractivity contribution is 0.0740. The maximum absolute atomic E-state index is 12.9. The molecular weight excluding hydrogens is 472 g/mol. The fourth-order valence-electron chi connectivity index (χ4n) is 4.02. The third-order valence-electron chi connectivity index (χ3n) is 5.57. The molecule has 168 valence electrons. The highest BCUT2D eigenvalue weighted by Crippen LogP contribution is 2.46. The van der Waals surface area contributed by atoms with Gasteiger partial charge in [0, 0.05) is 27.3 Å². The van der Waals surface area contributed by atoms with Crippen molar-refractivity contribution < 1.29 is 19.0 Å². The Morgan fingerprint density at radius 3 is 2.65 bits per heavy atom. The summed E-state index contributed by atoms with van der Waals surface area (Å²) in [5.74, 6) is 0.207. The van der Waals surface area contributed by atoms with Crippen LogP contribution in [0.25, 0.3) is 10.1 Å². The summed E-state index contributed by atoms with van der Waals surface area (Å²) in [6.45, 7) is 0. The minimum absolute atomic E-state index is 0.0121. The summed E-state index contributed by atoms with van der Waals surface area (Å²) in [7, 11) is 1.57. The largest absolute Gasteiger partial charge is 0.496 e. The molecule has 0 fully saturated rings. The first-order valence-electron chi connectivity index (χ1n) is 10.3. The second kappa shape index (κ2) is 8.75. The maximum atomic E-state index is 12.9. The fourth-order valence-corrected chi connectivity index (χ4v) is 5.41. The average molecular weight is 489 g/mol. The Bertz CT molecular complexity index is 1520. The number of nitrogens with two attached hydrogens (primary N) is 1. The SMILES string of the molecule is COc1ccccc1C1C(C#N)=C(N)Oc2cc(OC(=O)c3sc4ccccc4c3Cl)ccc21. The van der Waals surface area contributed by atoms with Gasteiger partial charge in [-0.05, 0) is 18.2 Å². The molecule has 2 N–H and O–H groups in total. The van der Waals surface area contributed by atoms with E-state index in [9.17, 15) is 10.1 Å². The molecule has 2 heterocycles. The molecule has 0 amide bonds. The number of carbonyl (C=O) groups is 1. The summed E-state index contributed by atoms with van der Waals surface area (Å²) < 4.78 is 17.8. The van der Waals surface area contributed by atoms with Gasteiger partial charge in [0.2, 0.25) is 5.88 Å². The van der Waals surface area contributed by atoms with E-state index in [4.69, 9.17) is 31.5 Å². The molecule has 34 heavy (non-hydrogen) atoms. The van der Waals surface area contributed by atoms with Crippen LogP contribution in [0, 0.1) is 11.3 Å². The van der Waals surface area contributed by atoms with Gasteiger partial charge in [0.25, 0.3) is 0 Å². The molecule has 8 heteroatoms. The summed E-state index contributed by atoms with van der Waals surface area (Å²) in [5, 5.41) is 10.9. The van der Waals surface area contributed by atoms with Crippen LogP contribution in [0.5, 0.6) is 17.2 Å². The van der Waals surface area contributed by atoms with Crippen molar-refractivity contribution in [2.24, 2.45) is 5.73 Å². The Hall–Kier alpha value is -3.99. The molecule has 0 radical (unpaired) electrons. The molecule has 0 saturated heterocycles. The number of methoxy groups -OCH3 is 1. The van der Waals surface area contributed by atoms with Gasteiger partial charge in [0.1, 0.15) is 33.8 Å². The molecule has 1 unspecified atom stereocenters. The van der Waals surface area contributed by atoms with Crippen LogP contribution in [0.4, 0.5) is 0 Å². The van der Waals surface area contributed by atoms with Crippen LogP contribution in [0.3, 0.4) is 0 Å². The van der Waals surface area contributed by atoms with Gasteiger partial charge in [-0.15, -0.1) is 11.3 Å². The summed E-state index contributed by atoms with van der Waals surface area (Å²) in [5.41, 5.74) is 7.85. The van der Waals surface area contributed by atoms with Crippen molar-refractivity contribution in [3.8, 4) is 23.3 Å². The summed E-state index contributed by atoms with van der Waals surface area (Å²) in [6, 6.07) is 22.1. The highest BCUT2D eigenvalue weighted by Gasteiger charge is 2.33. The van der Waals surface area contributed by atoms with Crippen LogP contribution in [0.1, 0.15) is 26.7 Å². The van der Waals surface area contributed by atoms with Crippen LogP contribution in [-0.4, -0.2) is 13.1 Å². The Morgan fingerprint density at radius 1 is 1.12 bits per heavy atom. The van der Waals surface area contributed by atoms with Gasteiger partial charge in [-0.25, -0.2) is 4.79 Å². The monoisotopic (exact) mass is 488 g/mol. The summed E-state index contributed by atoms with van der Waals surface area (Å²) in [4.78, 5) is 13.2.